The Balaban J connectivity index is 3.42. The minimum Gasteiger partial charge on any atom is -0.278 e. The standard InChI is InChI=1S/C7H17N3O/c1-4-7(11)8-9-10(5-2)6-3/h9H,4-6H2,1-3H3,(H,8,11). The van der Waals surface area contributed by atoms with Crippen LogP contribution in [0.15, 0.2) is 0 Å². The Bertz CT molecular complexity index is 112. The smallest absolute Gasteiger partial charge is 0.234 e. The van der Waals surface area contributed by atoms with Gasteiger partial charge in [-0.1, -0.05) is 20.8 Å². The number of hydrogen-bond acceptors (Lipinski definition) is 3. The van der Waals surface area contributed by atoms with Crippen molar-refractivity contribution in [2.45, 2.75) is 27.2 Å². The second kappa shape index (κ2) is 6.12. The van der Waals surface area contributed by atoms with Gasteiger partial charge in [-0.25, -0.2) is 5.01 Å². The number of hydrazine groups is 2. The molecule has 0 aliphatic carbocycles. The van der Waals surface area contributed by atoms with E-state index in [2.05, 4.69) is 11.0 Å². The molecule has 11 heavy (non-hydrogen) atoms. The molecule has 0 unspecified atom stereocenters. The molecule has 0 spiro atoms. The van der Waals surface area contributed by atoms with Gasteiger partial charge in [-0.3, -0.25) is 10.2 Å². The average Bonchev–Trinajstić information content (AvgIpc) is 2.06. The number of nitrogens with zero attached hydrogens (tertiary/aromatic N) is 1. The number of nitrogens with one attached hydrogen (secondary N) is 2. The first kappa shape index (κ1) is 10.4. The van der Waals surface area contributed by atoms with Crippen molar-refractivity contribution in [1.29, 1.82) is 0 Å². The van der Waals surface area contributed by atoms with Gasteiger partial charge in [0.25, 0.3) is 0 Å². The number of carbonyl (C=O) groups is 1. The minimum absolute atomic E-state index is 0.0110. The van der Waals surface area contributed by atoms with Gasteiger partial charge >= 0.3 is 0 Å². The van der Waals surface area contributed by atoms with E-state index >= 15 is 0 Å². The fourth-order valence-corrected chi connectivity index (χ4v) is 0.612. The van der Waals surface area contributed by atoms with Gasteiger partial charge in [-0.15, -0.1) is 0 Å². The maximum atomic E-state index is 10.7. The Morgan fingerprint density at radius 2 is 1.82 bits per heavy atom. The second-order valence-electron chi connectivity index (χ2n) is 2.19. The van der Waals surface area contributed by atoms with Crippen molar-refractivity contribution in [2.24, 2.45) is 0 Å². The number of rotatable bonds is 5. The van der Waals surface area contributed by atoms with E-state index in [0.29, 0.717) is 6.42 Å². The first-order valence-electron chi connectivity index (χ1n) is 4.04. The lowest BCUT2D eigenvalue weighted by molar-refractivity contribution is -0.123. The van der Waals surface area contributed by atoms with Crippen LogP contribution in [0.3, 0.4) is 0 Å². The molecular weight excluding hydrogens is 142 g/mol. The highest BCUT2D eigenvalue weighted by Gasteiger charge is 1.98. The summed E-state index contributed by atoms with van der Waals surface area (Å²) in [6.45, 7) is 7.61. The van der Waals surface area contributed by atoms with Crippen LogP contribution in [0.5, 0.6) is 0 Å². The van der Waals surface area contributed by atoms with Crippen molar-refractivity contribution in [3.63, 3.8) is 0 Å². The van der Waals surface area contributed by atoms with E-state index in [0.717, 1.165) is 13.1 Å². The molecular formula is C7H17N3O. The summed E-state index contributed by atoms with van der Waals surface area (Å²) in [6.07, 6.45) is 0.508. The Hall–Kier alpha value is -0.610. The SMILES string of the molecule is CCC(=O)NNN(CC)CC. The largest absolute Gasteiger partial charge is 0.278 e. The van der Waals surface area contributed by atoms with Crippen LogP contribution in [0, 0.1) is 0 Å². The molecule has 0 rings (SSSR count). The zero-order valence-electron chi connectivity index (χ0n) is 7.48. The Kier molecular flexibility index (Phi) is 5.78. The summed E-state index contributed by atoms with van der Waals surface area (Å²) in [4.78, 5) is 10.7. The molecule has 0 fully saturated rings. The van der Waals surface area contributed by atoms with Gasteiger partial charge in [0.05, 0.1) is 0 Å². The van der Waals surface area contributed by atoms with Gasteiger partial charge in [0, 0.05) is 19.5 Å². The molecule has 0 aromatic carbocycles. The molecule has 0 bridgehead atoms. The normalized spacial score (nSPS) is 10.2. The monoisotopic (exact) mass is 159 g/mol. The predicted octanol–water partition coefficient (Wildman–Crippen LogP) is 0.274. The Labute approximate surface area is 67.9 Å². The van der Waals surface area contributed by atoms with Crippen molar-refractivity contribution in [3.8, 4) is 0 Å². The van der Waals surface area contributed by atoms with E-state index in [4.69, 9.17) is 0 Å². The van der Waals surface area contributed by atoms with Crippen molar-refractivity contribution in [3.05, 3.63) is 0 Å². The van der Waals surface area contributed by atoms with Crippen LogP contribution in [0.25, 0.3) is 0 Å². The van der Waals surface area contributed by atoms with E-state index in [-0.39, 0.29) is 5.91 Å². The van der Waals surface area contributed by atoms with E-state index in [1.165, 1.54) is 0 Å². The zero-order valence-corrected chi connectivity index (χ0v) is 7.48. The summed E-state index contributed by atoms with van der Waals surface area (Å²) >= 11 is 0. The molecule has 0 radical (unpaired) electrons. The van der Waals surface area contributed by atoms with E-state index in [1.807, 2.05) is 25.8 Å². The molecule has 0 saturated heterocycles. The third kappa shape index (κ3) is 4.75. The number of hydrogen-bond donors (Lipinski definition) is 2. The lowest BCUT2D eigenvalue weighted by atomic mass is 10.5. The number of amides is 1. The molecule has 66 valence electrons. The van der Waals surface area contributed by atoms with Crippen molar-refractivity contribution in [2.75, 3.05) is 13.1 Å². The van der Waals surface area contributed by atoms with Gasteiger partial charge in [0.2, 0.25) is 5.91 Å². The fraction of sp³-hybridized carbons (Fsp3) is 0.857. The van der Waals surface area contributed by atoms with Gasteiger partial charge in [0.1, 0.15) is 0 Å². The van der Waals surface area contributed by atoms with Gasteiger partial charge < -0.3 is 0 Å². The van der Waals surface area contributed by atoms with E-state index in [1.54, 1.807) is 0 Å². The van der Waals surface area contributed by atoms with Crippen LogP contribution < -0.4 is 11.0 Å². The lowest BCUT2D eigenvalue weighted by Crippen LogP contribution is -2.49. The molecule has 0 heterocycles. The zero-order chi connectivity index (χ0) is 8.69. The molecule has 4 heteroatoms. The highest BCUT2D eigenvalue weighted by Crippen LogP contribution is 1.77. The molecule has 0 aliphatic heterocycles. The fourth-order valence-electron chi connectivity index (χ4n) is 0.612. The third-order valence-corrected chi connectivity index (χ3v) is 1.44. The van der Waals surface area contributed by atoms with E-state index < -0.39 is 0 Å². The Morgan fingerprint density at radius 3 is 2.18 bits per heavy atom. The summed E-state index contributed by atoms with van der Waals surface area (Å²) in [5.41, 5.74) is 5.37. The number of carbonyl (C=O) groups excluding carboxylic acids is 1. The minimum atomic E-state index is 0.0110. The summed E-state index contributed by atoms with van der Waals surface area (Å²) < 4.78 is 0. The molecule has 2 N–H and O–H groups in total. The van der Waals surface area contributed by atoms with Gasteiger partial charge in [-0.05, 0) is 0 Å². The van der Waals surface area contributed by atoms with Crippen LogP contribution in [-0.2, 0) is 4.79 Å². The first-order valence-corrected chi connectivity index (χ1v) is 4.04. The topological polar surface area (TPSA) is 44.4 Å². The van der Waals surface area contributed by atoms with Crippen LogP contribution in [-0.4, -0.2) is 24.0 Å². The van der Waals surface area contributed by atoms with Crippen LogP contribution in [0.1, 0.15) is 27.2 Å². The Morgan fingerprint density at radius 1 is 1.27 bits per heavy atom. The quantitative estimate of drug-likeness (QED) is 0.566. The van der Waals surface area contributed by atoms with Crippen molar-refractivity contribution >= 4 is 5.91 Å². The molecule has 0 atom stereocenters. The predicted molar refractivity (Wildman–Crippen MR) is 44.5 cm³/mol. The molecule has 0 saturated carbocycles. The van der Waals surface area contributed by atoms with Crippen molar-refractivity contribution in [1.82, 2.24) is 16.0 Å². The molecule has 4 nitrogen and oxygen atoms in total. The summed E-state index contributed by atoms with van der Waals surface area (Å²) in [6, 6.07) is 0. The molecule has 0 aromatic rings. The molecule has 0 aliphatic rings. The summed E-state index contributed by atoms with van der Waals surface area (Å²) in [5.74, 6) is 0.0110. The lowest BCUT2D eigenvalue weighted by Gasteiger charge is -2.19. The highest BCUT2D eigenvalue weighted by atomic mass is 16.2. The highest BCUT2D eigenvalue weighted by molar-refractivity contribution is 5.74. The van der Waals surface area contributed by atoms with E-state index in [9.17, 15) is 4.79 Å². The summed E-state index contributed by atoms with van der Waals surface area (Å²) in [5, 5.41) is 1.91. The van der Waals surface area contributed by atoms with Gasteiger partial charge in [-0.2, -0.15) is 5.53 Å². The maximum absolute atomic E-state index is 10.7. The first-order chi connectivity index (χ1) is 5.24. The van der Waals surface area contributed by atoms with Crippen LogP contribution >= 0.6 is 0 Å². The third-order valence-electron chi connectivity index (χ3n) is 1.44. The van der Waals surface area contributed by atoms with Crippen molar-refractivity contribution < 1.29 is 4.79 Å². The van der Waals surface area contributed by atoms with Crippen LogP contribution in [0.2, 0.25) is 0 Å². The maximum Gasteiger partial charge on any atom is 0.234 e. The molecule has 0 aromatic heterocycles. The average molecular weight is 159 g/mol. The second-order valence-corrected chi connectivity index (χ2v) is 2.19. The summed E-state index contributed by atoms with van der Waals surface area (Å²) in [7, 11) is 0. The van der Waals surface area contributed by atoms with Gasteiger partial charge in [0.15, 0.2) is 0 Å². The molecule has 1 amide bonds. The van der Waals surface area contributed by atoms with Crippen LogP contribution in [0.4, 0.5) is 0 Å².